The first-order chi connectivity index (χ1) is 15.0. The van der Waals surface area contributed by atoms with Gasteiger partial charge in [-0.3, -0.25) is 4.79 Å². The number of carbonyl (C=O) groups is 2. The van der Waals surface area contributed by atoms with Crippen molar-refractivity contribution in [3.8, 4) is 16.9 Å². The highest BCUT2D eigenvalue weighted by Gasteiger charge is 2.34. The maximum Gasteiger partial charge on any atom is 0.335 e. The van der Waals surface area contributed by atoms with E-state index >= 15 is 0 Å². The molecule has 6 heteroatoms. The second-order valence-electron chi connectivity index (χ2n) is 7.62. The Hall–Kier alpha value is -3.64. The van der Waals surface area contributed by atoms with Gasteiger partial charge in [0.2, 0.25) is 0 Å². The number of rotatable bonds is 7. The van der Waals surface area contributed by atoms with Crippen LogP contribution < -0.4 is 10.1 Å². The van der Waals surface area contributed by atoms with Crippen LogP contribution in [-0.4, -0.2) is 34.7 Å². The maximum atomic E-state index is 11.6. The summed E-state index contributed by atoms with van der Waals surface area (Å²) in [5.41, 5.74) is 3.87. The third kappa shape index (κ3) is 4.75. The van der Waals surface area contributed by atoms with E-state index in [0.29, 0.717) is 24.3 Å². The van der Waals surface area contributed by atoms with E-state index in [1.54, 1.807) is 12.1 Å². The molecular weight excluding hydrogens is 394 g/mol. The first-order valence-corrected chi connectivity index (χ1v) is 10.1. The quantitative estimate of drug-likeness (QED) is 0.534. The van der Waals surface area contributed by atoms with Crippen LogP contribution in [0.2, 0.25) is 0 Å². The molecule has 3 aromatic carbocycles. The van der Waals surface area contributed by atoms with Gasteiger partial charge in [-0.15, -0.1) is 0 Å². The van der Waals surface area contributed by atoms with Crippen LogP contribution in [0.1, 0.15) is 33.8 Å². The lowest BCUT2D eigenvalue weighted by atomic mass is 9.90. The normalized spacial score (nSPS) is 17.9. The number of carboxylic acid groups (broad SMARTS) is 2. The molecule has 1 fully saturated rings. The van der Waals surface area contributed by atoms with E-state index in [9.17, 15) is 19.8 Å². The van der Waals surface area contributed by atoms with Gasteiger partial charge >= 0.3 is 11.9 Å². The number of aliphatic carboxylic acids is 1. The minimum Gasteiger partial charge on any atom is -0.489 e. The third-order valence-corrected chi connectivity index (χ3v) is 5.53. The molecule has 31 heavy (non-hydrogen) atoms. The van der Waals surface area contributed by atoms with E-state index in [1.807, 2.05) is 54.6 Å². The van der Waals surface area contributed by atoms with Crippen LogP contribution in [-0.2, 0) is 11.4 Å². The fourth-order valence-corrected chi connectivity index (χ4v) is 4.00. The van der Waals surface area contributed by atoms with Crippen molar-refractivity contribution in [3.63, 3.8) is 0 Å². The molecule has 3 N–H and O–H groups in total. The number of nitrogens with one attached hydrogen (secondary N) is 1. The Kier molecular flexibility index (Phi) is 6.00. The van der Waals surface area contributed by atoms with Crippen molar-refractivity contribution in [3.05, 3.63) is 89.5 Å². The highest BCUT2D eigenvalue weighted by Crippen LogP contribution is 2.32. The standard InChI is InChI=1S/C25H23NO5/c27-24(28)20-12-19(22-9-10-26-23(22)25(29)30)13-21(14-20)31-15-16-5-4-8-18(11-16)17-6-2-1-3-7-17/h1-8,11-14,22-23,26H,9-10,15H2,(H,27,28)(H,29,30)/t22-,23+/m1/s1. The molecule has 4 rings (SSSR count). The molecule has 1 heterocycles. The summed E-state index contributed by atoms with van der Waals surface area (Å²) in [6, 6.07) is 22.0. The lowest BCUT2D eigenvalue weighted by molar-refractivity contribution is -0.139. The molecule has 1 saturated heterocycles. The number of ether oxygens (including phenoxy) is 1. The summed E-state index contributed by atoms with van der Waals surface area (Å²) in [6.07, 6.45) is 0.624. The van der Waals surface area contributed by atoms with Crippen LogP contribution in [0, 0.1) is 0 Å². The highest BCUT2D eigenvalue weighted by molar-refractivity contribution is 5.88. The zero-order valence-electron chi connectivity index (χ0n) is 16.8. The zero-order valence-corrected chi connectivity index (χ0v) is 16.8. The summed E-state index contributed by atoms with van der Waals surface area (Å²) in [5, 5.41) is 21.9. The van der Waals surface area contributed by atoms with Gasteiger partial charge in [-0.25, -0.2) is 4.79 Å². The fraction of sp³-hybridized carbons (Fsp3) is 0.200. The second kappa shape index (κ2) is 9.02. The van der Waals surface area contributed by atoms with E-state index in [-0.39, 0.29) is 18.1 Å². The molecule has 3 aromatic rings. The number of benzene rings is 3. The lowest BCUT2D eigenvalue weighted by Gasteiger charge is -2.18. The Balaban J connectivity index is 1.57. The Morgan fingerprint density at radius 2 is 1.71 bits per heavy atom. The molecule has 0 amide bonds. The predicted molar refractivity (Wildman–Crippen MR) is 116 cm³/mol. The van der Waals surface area contributed by atoms with Crippen LogP contribution in [0.3, 0.4) is 0 Å². The van der Waals surface area contributed by atoms with Gasteiger partial charge in [-0.1, -0.05) is 48.5 Å². The Bertz CT molecular complexity index is 1100. The SMILES string of the molecule is O=C(O)c1cc(OCc2cccc(-c3ccccc3)c2)cc([C@H]2CCN[C@@H]2C(=O)O)c1. The maximum absolute atomic E-state index is 11.6. The van der Waals surface area contributed by atoms with E-state index in [0.717, 1.165) is 16.7 Å². The monoisotopic (exact) mass is 417 g/mol. The molecule has 0 aromatic heterocycles. The van der Waals surface area contributed by atoms with Gasteiger partial charge < -0.3 is 20.3 Å². The smallest absolute Gasteiger partial charge is 0.335 e. The summed E-state index contributed by atoms with van der Waals surface area (Å²) in [4.78, 5) is 23.2. The summed E-state index contributed by atoms with van der Waals surface area (Å²) in [5.74, 6) is -1.91. The van der Waals surface area contributed by atoms with Gasteiger partial charge in [0, 0.05) is 5.92 Å². The summed E-state index contributed by atoms with van der Waals surface area (Å²) >= 11 is 0. The van der Waals surface area contributed by atoms with Crippen molar-refractivity contribution in [2.45, 2.75) is 25.0 Å². The van der Waals surface area contributed by atoms with E-state index < -0.39 is 18.0 Å². The number of hydrogen-bond donors (Lipinski definition) is 3. The molecule has 2 atom stereocenters. The molecule has 0 spiro atoms. The van der Waals surface area contributed by atoms with Crippen molar-refractivity contribution in [1.29, 1.82) is 0 Å². The largest absolute Gasteiger partial charge is 0.489 e. The van der Waals surface area contributed by atoms with Gasteiger partial charge in [-0.05, 0) is 59.5 Å². The van der Waals surface area contributed by atoms with Gasteiger partial charge in [0.05, 0.1) is 5.56 Å². The predicted octanol–water partition coefficient (Wildman–Crippen LogP) is 4.16. The molecule has 0 unspecified atom stereocenters. The molecule has 6 nitrogen and oxygen atoms in total. The topological polar surface area (TPSA) is 95.9 Å². The fourth-order valence-electron chi connectivity index (χ4n) is 4.00. The molecule has 1 aliphatic rings. The lowest BCUT2D eigenvalue weighted by Crippen LogP contribution is -2.34. The van der Waals surface area contributed by atoms with Crippen LogP contribution in [0.25, 0.3) is 11.1 Å². The molecule has 0 aliphatic carbocycles. The highest BCUT2D eigenvalue weighted by atomic mass is 16.5. The Morgan fingerprint density at radius 1 is 0.935 bits per heavy atom. The molecular formula is C25H23NO5. The van der Waals surface area contributed by atoms with Crippen LogP contribution in [0.15, 0.2) is 72.8 Å². The van der Waals surface area contributed by atoms with Crippen LogP contribution in [0.5, 0.6) is 5.75 Å². The number of aromatic carboxylic acids is 1. The number of hydrogen-bond acceptors (Lipinski definition) is 4. The van der Waals surface area contributed by atoms with Crippen molar-refractivity contribution in [2.24, 2.45) is 0 Å². The summed E-state index contributed by atoms with van der Waals surface area (Å²) in [7, 11) is 0. The van der Waals surface area contributed by atoms with Crippen LogP contribution in [0.4, 0.5) is 0 Å². The van der Waals surface area contributed by atoms with E-state index in [2.05, 4.69) is 5.32 Å². The molecule has 1 aliphatic heterocycles. The minimum absolute atomic E-state index is 0.0848. The first kappa shape index (κ1) is 20.6. The molecule has 0 bridgehead atoms. The van der Waals surface area contributed by atoms with E-state index in [4.69, 9.17) is 4.74 Å². The van der Waals surface area contributed by atoms with Crippen molar-refractivity contribution in [2.75, 3.05) is 6.54 Å². The van der Waals surface area contributed by atoms with Crippen LogP contribution >= 0.6 is 0 Å². The van der Waals surface area contributed by atoms with Gasteiger partial charge in [0.15, 0.2) is 0 Å². The average molecular weight is 417 g/mol. The third-order valence-electron chi connectivity index (χ3n) is 5.53. The Morgan fingerprint density at radius 3 is 2.45 bits per heavy atom. The first-order valence-electron chi connectivity index (χ1n) is 10.1. The van der Waals surface area contributed by atoms with Gasteiger partial charge in [0.1, 0.15) is 18.4 Å². The van der Waals surface area contributed by atoms with Crippen molar-refractivity contribution >= 4 is 11.9 Å². The van der Waals surface area contributed by atoms with Crippen molar-refractivity contribution in [1.82, 2.24) is 5.32 Å². The molecule has 0 radical (unpaired) electrons. The Labute approximate surface area is 180 Å². The number of carboxylic acids is 2. The average Bonchev–Trinajstić information content (AvgIpc) is 3.29. The van der Waals surface area contributed by atoms with Crippen molar-refractivity contribution < 1.29 is 24.5 Å². The molecule has 158 valence electrons. The second-order valence-corrected chi connectivity index (χ2v) is 7.62. The molecule has 0 saturated carbocycles. The van der Waals surface area contributed by atoms with Gasteiger partial charge in [0.25, 0.3) is 0 Å². The summed E-state index contributed by atoms with van der Waals surface area (Å²) < 4.78 is 5.94. The zero-order chi connectivity index (χ0) is 21.8. The minimum atomic E-state index is -1.07. The van der Waals surface area contributed by atoms with E-state index in [1.165, 1.54) is 6.07 Å². The summed E-state index contributed by atoms with van der Waals surface area (Å²) in [6.45, 7) is 0.843. The van der Waals surface area contributed by atoms with Gasteiger partial charge in [-0.2, -0.15) is 0 Å².